The summed E-state index contributed by atoms with van der Waals surface area (Å²) < 4.78 is 75.9. The van der Waals surface area contributed by atoms with Crippen LogP contribution in [0.15, 0.2) is 12.4 Å². The average molecular weight is 305 g/mol. The van der Waals surface area contributed by atoms with Crippen molar-refractivity contribution in [3.8, 4) is 0 Å². The van der Waals surface area contributed by atoms with Crippen LogP contribution >= 0.6 is 11.6 Å². The Balaban J connectivity index is 2.71. The summed E-state index contributed by atoms with van der Waals surface area (Å²) in [4.78, 5) is 3.49. The van der Waals surface area contributed by atoms with Crippen LogP contribution in [0.1, 0.15) is 11.7 Å². The van der Waals surface area contributed by atoms with Gasteiger partial charge in [0.2, 0.25) is 5.92 Å². The van der Waals surface area contributed by atoms with E-state index in [1.54, 1.807) is 0 Å². The molecule has 0 aliphatic carbocycles. The second kappa shape index (κ2) is 4.22. The molecule has 0 fully saturated rings. The van der Waals surface area contributed by atoms with Crippen LogP contribution in [0.5, 0.6) is 0 Å². The maximum Gasteiger partial charge on any atom is 0.407 e. The van der Waals surface area contributed by atoms with E-state index >= 15 is 0 Å². The molecule has 0 N–H and O–H groups in total. The van der Waals surface area contributed by atoms with Crippen LogP contribution in [0.4, 0.5) is 26.3 Å². The van der Waals surface area contributed by atoms with Crippen LogP contribution in [0.25, 0.3) is 5.65 Å². The first-order valence-electron chi connectivity index (χ1n) is 4.60. The van der Waals surface area contributed by atoms with E-state index in [9.17, 15) is 26.3 Å². The lowest BCUT2D eigenvalue weighted by Crippen LogP contribution is -2.35. The van der Waals surface area contributed by atoms with E-state index in [4.69, 9.17) is 11.6 Å². The number of halogens is 7. The molecule has 0 amide bonds. The van der Waals surface area contributed by atoms with Crippen LogP contribution < -0.4 is 0 Å². The van der Waals surface area contributed by atoms with E-state index in [-0.39, 0.29) is 5.65 Å². The third-order valence-corrected chi connectivity index (χ3v) is 2.48. The van der Waals surface area contributed by atoms with Crippen molar-refractivity contribution in [2.45, 2.75) is 18.3 Å². The molecular formula is C8H3ClF6N4. The summed E-state index contributed by atoms with van der Waals surface area (Å²) in [6, 6.07) is 0. The van der Waals surface area contributed by atoms with Gasteiger partial charge in [0.15, 0.2) is 11.5 Å². The third-order valence-electron chi connectivity index (χ3n) is 2.21. The lowest BCUT2D eigenvalue weighted by atomic mass is 10.1. The molecule has 0 aliphatic heterocycles. The zero-order chi connectivity index (χ0) is 14.4. The Hall–Kier alpha value is -1.58. The fourth-order valence-corrected chi connectivity index (χ4v) is 1.73. The lowest BCUT2D eigenvalue weighted by Gasteiger charge is -2.21. The second-order valence-electron chi connectivity index (χ2n) is 3.50. The van der Waals surface area contributed by atoms with Crippen molar-refractivity contribution in [2.24, 2.45) is 0 Å². The first-order chi connectivity index (χ1) is 8.62. The van der Waals surface area contributed by atoms with E-state index in [1.165, 1.54) is 0 Å². The SMILES string of the molecule is FC(F)(F)C(c1nnc2cncc(Cl)n12)C(F)(F)F. The molecule has 0 radical (unpaired) electrons. The molecule has 2 aromatic rings. The van der Waals surface area contributed by atoms with E-state index in [0.29, 0.717) is 4.40 Å². The molecule has 0 spiro atoms. The Bertz CT molecular complexity index is 589. The van der Waals surface area contributed by atoms with Crippen molar-refractivity contribution in [1.82, 2.24) is 19.6 Å². The molecule has 11 heteroatoms. The number of nitrogens with zero attached hydrogens (tertiary/aromatic N) is 4. The summed E-state index contributed by atoms with van der Waals surface area (Å²) in [5, 5.41) is 5.68. The first kappa shape index (κ1) is 13.8. The van der Waals surface area contributed by atoms with Gasteiger partial charge in [-0.05, 0) is 0 Å². The summed E-state index contributed by atoms with van der Waals surface area (Å²) in [5.41, 5.74) is -0.305. The molecule has 104 valence electrons. The highest BCUT2D eigenvalue weighted by Crippen LogP contribution is 2.45. The van der Waals surface area contributed by atoms with Crippen LogP contribution in [0.3, 0.4) is 0 Å². The van der Waals surface area contributed by atoms with Crippen molar-refractivity contribution in [3.63, 3.8) is 0 Å². The topological polar surface area (TPSA) is 43.1 Å². The van der Waals surface area contributed by atoms with Gasteiger partial charge in [0.25, 0.3) is 0 Å². The maximum absolute atomic E-state index is 12.6. The predicted molar refractivity (Wildman–Crippen MR) is 50.6 cm³/mol. The van der Waals surface area contributed by atoms with Gasteiger partial charge in [-0.25, -0.2) is 0 Å². The molecule has 2 aromatic heterocycles. The molecule has 0 aromatic carbocycles. The fraction of sp³-hybridized carbons (Fsp3) is 0.375. The van der Waals surface area contributed by atoms with Crippen molar-refractivity contribution in [1.29, 1.82) is 0 Å². The minimum atomic E-state index is -5.56. The van der Waals surface area contributed by atoms with E-state index < -0.39 is 29.2 Å². The Labute approximate surface area is 106 Å². The van der Waals surface area contributed by atoms with Crippen molar-refractivity contribution in [2.75, 3.05) is 0 Å². The number of rotatable bonds is 1. The predicted octanol–water partition coefficient (Wildman–Crippen LogP) is 2.99. The molecule has 19 heavy (non-hydrogen) atoms. The standard InChI is InChI=1S/C8H3ClF6N4/c9-3-1-16-2-4-17-18-6(19(3)4)5(7(10,11)12)8(13,14)15/h1-2,5H. The second-order valence-corrected chi connectivity index (χ2v) is 3.89. The van der Waals surface area contributed by atoms with Crippen molar-refractivity contribution in [3.05, 3.63) is 23.4 Å². The minimum absolute atomic E-state index is 0.305. The molecule has 0 aliphatic rings. The van der Waals surface area contributed by atoms with E-state index in [2.05, 4.69) is 15.2 Å². The van der Waals surface area contributed by atoms with Gasteiger partial charge in [-0.1, -0.05) is 11.6 Å². The molecule has 0 unspecified atom stereocenters. The number of fused-ring (bicyclic) bond motifs is 1. The van der Waals surface area contributed by atoms with Gasteiger partial charge in [0.1, 0.15) is 5.15 Å². The van der Waals surface area contributed by atoms with Gasteiger partial charge < -0.3 is 0 Å². The number of aromatic nitrogens is 4. The largest absolute Gasteiger partial charge is 0.407 e. The summed E-state index contributed by atoms with van der Waals surface area (Å²) in [6.07, 6.45) is -9.28. The van der Waals surface area contributed by atoms with Gasteiger partial charge in [-0.15, -0.1) is 10.2 Å². The summed E-state index contributed by atoms with van der Waals surface area (Å²) in [6.45, 7) is 0. The number of hydrogen-bond donors (Lipinski definition) is 0. The van der Waals surface area contributed by atoms with Gasteiger partial charge in [0.05, 0.1) is 12.4 Å². The normalized spacial score (nSPS) is 13.5. The van der Waals surface area contributed by atoms with Gasteiger partial charge in [-0.3, -0.25) is 9.38 Å². The molecule has 2 rings (SSSR count). The highest BCUT2D eigenvalue weighted by atomic mass is 35.5. The van der Waals surface area contributed by atoms with E-state index in [0.717, 1.165) is 12.4 Å². The van der Waals surface area contributed by atoms with Crippen molar-refractivity contribution < 1.29 is 26.3 Å². The monoisotopic (exact) mass is 304 g/mol. The Kier molecular flexibility index (Phi) is 3.07. The molecular weight excluding hydrogens is 302 g/mol. The van der Waals surface area contributed by atoms with Gasteiger partial charge >= 0.3 is 12.4 Å². The lowest BCUT2D eigenvalue weighted by molar-refractivity contribution is -0.255. The average Bonchev–Trinajstić information content (AvgIpc) is 2.58. The third kappa shape index (κ3) is 2.44. The maximum atomic E-state index is 12.6. The number of hydrogen-bond acceptors (Lipinski definition) is 3. The molecule has 0 saturated carbocycles. The first-order valence-corrected chi connectivity index (χ1v) is 4.98. The zero-order valence-electron chi connectivity index (χ0n) is 8.67. The summed E-state index contributed by atoms with van der Waals surface area (Å²) >= 11 is 5.53. The zero-order valence-corrected chi connectivity index (χ0v) is 9.42. The minimum Gasteiger partial charge on any atom is -0.266 e. The molecule has 2 heterocycles. The van der Waals surface area contributed by atoms with Crippen LogP contribution in [0, 0.1) is 0 Å². The molecule has 0 saturated heterocycles. The van der Waals surface area contributed by atoms with Crippen LogP contribution in [-0.4, -0.2) is 31.9 Å². The van der Waals surface area contributed by atoms with Gasteiger partial charge in [-0.2, -0.15) is 26.3 Å². The molecule has 4 nitrogen and oxygen atoms in total. The Morgan fingerprint density at radius 2 is 1.58 bits per heavy atom. The quantitative estimate of drug-likeness (QED) is 0.761. The van der Waals surface area contributed by atoms with Crippen molar-refractivity contribution >= 4 is 17.2 Å². The Morgan fingerprint density at radius 3 is 2.11 bits per heavy atom. The fourth-order valence-electron chi connectivity index (χ4n) is 1.50. The Morgan fingerprint density at radius 1 is 1.00 bits per heavy atom. The highest BCUT2D eigenvalue weighted by molar-refractivity contribution is 6.29. The number of alkyl halides is 6. The molecule has 0 bridgehead atoms. The van der Waals surface area contributed by atoms with Crippen LogP contribution in [-0.2, 0) is 0 Å². The summed E-state index contributed by atoms with van der Waals surface area (Å²) in [5.74, 6) is -5.11. The summed E-state index contributed by atoms with van der Waals surface area (Å²) in [7, 11) is 0. The molecule has 0 atom stereocenters. The van der Waals surface area contributed by atoms with Gasteiger partial charge in [0, 0.05) is 0 Å². The smallest absolute Gasteiger partial charge is 0.266 e. The van der Waals surface area contributed by atoms with E-state index in [1.807, 2.05) is 0 Å². The highest BCUT2D eigenvalue weighted by Gasteiger charge is 2.60. The van der Waals surface area contributed by atoms with Crippen LogP contribution in [0.2, 0.25) is 5.15 Å².